The van der Waals surface area contributed by atoms with Crippen molar-refractivity contribution in [2.24, 2.45) is 0 Å². The fourth-order valence-corrected chi connectivity index (χ4v) is 1.83. The molecular formula is C12H9ClF2O. The number of benzene rings is 2. The zero-order valence-electron chi connectivity index (χ0n) is 8.29. The fraction of sp³-hybridized carbons (Fsp3) is 0.167. The second-order valence-corrected chi connectivity index (χ2v) is 3.55. The predicted molar refractivity (Wildman–Crippen MR) is 60.1 cm³/mol. The van der Waals surface area contributed by atoms with Crippen molar-refractivity contribution < 1.29 is 13.5 Å². The number of fused-ring (bicyclic) bond motifs is 1. The number of halogens is 3. The topological polar surface area (TPSA) is 9.23 Å². The predicted octanol–water partition coefficient (Wildman–Crippen LogP) is 4.18. The van der Waals surface area contributed by atoms with Crippen LogP contribution in [0.5, 0.6) is 5.75 Å². The minimum absolute atomic E-state index is 0.146. The first kappa shape index (κ1) is 11.1. The summed E-state index contributed by atoms with van der Waals surface area (Å²) in [6, 6.07) is 10.7. The van der Waals surface area contributed by atoms with Crippen LogP contribution in [-0.2, 0) is 5.88 Å². The smallest absolute Gasteiger partial charge is 0.387 e. The molecule has 0 saturated heterocycles. The van der Waals surface area contributed by atoms with Gasteiger partial charge in [-0.25, -0.2) is 0 Å². The second-order valence-electron chi connectivity index (χ2n) is 3.29. The van der Waals surface area contributed by atoms with Crippen molar-refractivity contribution in [1.82, 2.24) is 0 Å². The Balaban J connectivity index is 2.63. The van der Waals surface area contributed by atoms with Crippen LogP contribution in [0, 0.1) is 0 Å². The third kappa shape index (κ3) is 2.09. The van der Waals surface area contributed by atoms with Gasteiger partial charge in [-0.3, -0.25) is 0 Å². The molecule has 0 atom stereocenters. The molecule has 4 heteroatoms. The van der Waals surface area contributed by atoms with E-state index in [1.165, 1.54) is 0 Å². The van der Waals surface area contributed by atoms with E-state index in [1.54, 1.807) is 18.2 Å². The van der Waals surface area contributed by atoms with Gasteiger partial charge in [-0.15, -0.1) is 11.6 Å². The third-order valence-corrected chi connectivity index (χ3v) is 2.60. The van der Waals surface area contributed by atoms with Crippen molar-refractivity contribution in [3.63, 3.8) is 0 Å². The summed E-state index contributed by atoms with van der Waals surface area (Å²) in [5, 5.41) is 1.51. The van der Waals surface area contributed by atoms with Crippen molar-refractivity contribution in [3.05, 3.63) is 42.0 Å². The number of ether oxygens (including phenoxy) is 1. The van der Waals surface area contributed by atoms with E-state index in [0.717, 1.165) is 5.39 Å². The Morgan fingerprint density at radius 3 is 2.56 bits per heavy atom. The Bertz CT molecular complexity index is 499. The van der Waals surface area contributed by atoms with E-state index in [2.05, 4.69) is 4.74 Å². The summed E-state index contributed by atoms with van der Waals surface area (Å²) in [5.41, 5.74) is 0.570. The second kappa shape index (κ2) is 4.66. The molecule has 0 bridgehead atoms. The maximum Gasteiger partial charge on any atom is 0.387 e. The van der Waals surface area contributed by atoms with E-state index < -0.39 is 6.61 Å². The van der Waals surface area contributed by atoms with Gasteiger partial charge in [-0.05, 0) is 5.39 Å². The van der Waals surface area contributed by atoms with Gasteiger partial charge in [0.2, 0.25) is 0 Å². The van der Waals surface area contributed by atoms with Gasteiger partial charge in [-0.1, -0.05) is 36.4 Å². The first-order chi connectivity index (χ1) is 7.72. The van der Waals surface area contributed by atoms with Gasteiger partial charge in [0.15, 0.2) is 0 Å². The summed E-state index contributed by atoms with van der Waals surface area (Å²) < 4.78 is 29.1. The minimum Gasteiger partial charge on any atom is -0.434 e. The molecule has 0 N–H and O–H groups in total. The first-order valence-electron chi connectivity index (χ1n) is 4.74. The number of hydrogen-bond donors (Lipinski definition) is 0. The van der Waals surface area contributed by atoms with E-state index >= 15 is 0 Å². The molecule has 0 saturated carbocycles. The Labute approximate surface area is 96.6 Å². The summed E-state index contributed by atoms with van der Waals surface area (Å²) in [6.07, 6.45) is 0. The van der Waals surface area contributed by atoms with E-state index in [-0.39, 0.29) is 11.6 Å². The molecular weight excluding hydrogens is 234 g/mol. The van der Waals surface area contributed by atoms with Crippen LogP contribution in [0.25, 0.3) is 10.8 Å². The molecule has 0 aromatic heterocycles. The first-order valence-corrected chi connectivity index (χ1v) is 5.27. The van der Waals surface area contributed by atoms with Gasteiger partial charge in [0.05, 0.1) is 5.88 Å². The molecule has 0 aliphatic rings. The van der Waals surface area contributed by atoms with Crippen LogP contribution in [0.2, 0.25) is 0 Å². The van der Waals surface area contributed by atoms with Crippen molar-refractivity contribution >= 4 is 22.4 Å². The highest BCUT2D eigenvalue weighted by Gasteiger charge is 2.12. The van der Waals surface area contributed by atoms with Crippen LogP contribution in [-0.4, -0.2) is 6.61 Å². The van der Waals surface area contributed by atoms with Gasteiger partial charge in [-0.2, -0.15) is 8.78 Å². The highest BCUT2D eigenvalue weighted by Crippen LogP contribution is 2.32. The molecule has 2 aromatic carbocycles. The molecule has 0 spiro atoms. The molecule has 16 heavy (non-hydrogen) atoms. The molecule has 2 rings (SSSR count). The van der Waals surface area contributed by atoms with E-state index in [0.29, 0.717) is 10.9 Å². The molecule has 0 unspecified atom stereocenters. The number of alkyl halides is 3. The standard InChI is InChI=1S/C12H9ClF2O/c13-7-9-6-5-8-3-1-2-4-10(8)11(9)16-12(14)15/h1-6,12H,7H2. The van der Waals surface area contributed by atoms with Gasteiger partial charge in [0.25, 0.3) is 0 Å². The molecule has 84 valence electrons. The van der Waals surface area contributed by atoms with Gasteiger partial charge >= 0.3 is 6.61 Å². The molecule has 0 aliphatic heterocycles. The van der Waals surface area contributed by atoms with Crippen LogP contribution in [0.4, 0.5) is 8.78 Å². The van der Waals surface area contributed by atoms with Crippen LogP contribution < -0.4 is 4.74 Å². The van der Waals surface area contributed by atoms with Crippen molar-refractivity contribution in [1.29, 1.82) is 0 Å². The Hall–Kier alpha value is -1.35. The maximum atomic E-state index is 12.3. The quantitative estimate of drug-likeness (QED) is 0.734. The molecule has 0 radical (unpaired) electrons. The molecule has 0 amide bonds. The lowest BCUT2D eigenvalue weighted by atomic mass is 10.1. The van der Waals surface area contributed by atoms with E-state index in [4.69, 9.17) is 11.6 Å². The summed E-state index contributed by atoms with van der Waals surface area (Å²) in [5.74, 6) is 0.315. The van der Waals surface area contributed by atoms with Gasteiger partial charge in [0, 0.05) is 10.9 Å². The lowest BCUT2D eigenvalue weighted by Gasteiger charge is -2.12. The maximum absolute atomic E-state index is 12.3. The monoisotopic (exact) mass is 242 g/mol. The van der Waals surface area contributed by atoms with Crippen LogP contribution >= 0.6 is 11.6 Å². The normalized spacial score (nSPS) is 11.0. The van der Waals surface area contributed by atoms with Gasteiger partial charge < -0.3 is 4.74 Å². The Morgan fingerprint density at radius 1 is 1.12 bits per heavy atom. The van der Waals surface area contributed by atoms with Gasteiger partial charge in [0.1, 0.15) is 5.75 Å². The van der Waals surface area contributed by atoms with Crippen molar-refractivity contribution in [2.75, 3.05) is 0 Å². The Morgan fingerprint density at radius 2 is 1.88 bits per heavy atom. The zero-order valence-corrected chi connectivity index (χ0v) is 9.05. The zero-order chi connectivity index (χ0) is 11.5. The fourth-order valence-electron chi connectivity index (χ4n) is 1.62. The Kier molecular flexibility index (Phi) is 3.25. The number of rotatable bonds is 3. The SMILES string of the molecule is FC(F)Oc1c(CCl)ccc2ccccc12. The van der Waals surface area contributed by atoms with Crippen LogP contribution in [0.1, 0.15) is 5.56 Å². The highest BCUT2D eigenvalue weighted by molar-refractivity contribution is 6.17. The molecule has 0 heterocycles. The van der Waals surface area contributed by atoms with Crippen LogP contribution in [0.15, 0.2) is 36.4 Å². The highest BCUT2D eigenvalue weighted by atomic mass is 35.5. The molecule has 0 aliphatic carbocycles. The lowest BCUT2D eigenvalue weighted by Crippen LogP contribution is -2.04. The number of hydrogen-bond acceptors (Lipinski definition) is 1. The third-order valence-electron chi connectivity index (χ3n) is 2.31. The van der Waals surface area contributed by atoms with E-state index in [9.17, 15) is 8.78 Å². The van der Waals surface area contributed by atoms with E-state index in [1.807, 2.05) is 18.2 Å². The average Bonchev–Trinajstić information content (AvgIpc) is 2.29. The van der Waals surface area contributed by atoms with Crippen LogP contribution in [0.3, 0.4) is 0 Å². The molecule has 0 fully saturated rings. The average molecular weight is 243 g/mol. The minimum atomic E-state index is -2.84. The summed E-state index contributed by atoms with van der Waals surface area (Å²) in [6.45, 7) is -2.84. The molecule has 2 aromatic rings. The lowest BCUT2D eigenvalue weighted by molar-refractivity contribution is -0.0492. The van der Waals surface area contributed by atoms with Crippen molar-refractivity contribution in [3.8, 4) is 5.75 Å². The summed E-state index contributed by atoms with van der Waals surface area (Å²) >= 11 is 5.69. The summed E-state index contributed by atoms with van der Waals surface area (Å²) in [4.78, 5) is 0. The van der Waals surface area contributed by atoms with Crippen molar-refractivity contribution in [2.45, 2.75) is 12.5 Å². The molecule has 1 nitrogen and oxygen atoms in total. The summed E-state index contributed by atoms with van der Waals surface area (Å²) in [7, 11) is 0. The largest absolute Gasteiger partial charge is 0.434 e.